The maximum atomic E-state index is 12.0. The van der Waals surface area contributed by atoms with Gasteiger partial charge in [0, 0.05) is 6.42 Å². The third-order valence-electron chi connectivity index (χ3n) is 3.92. The lowest BCUT2D eigenvalue weighted by atomic mass is 10.2. The van der Waals surface area contributed by atoms with Crippen LogP contribution in [0.2, 0.25) is 0 Å². The number of hydrogen-bond acceptors (Lipinski definition) is 5. The van der Waals surface area contributed by atoms with Gasteiger partial charge in [-0.3, -0.25) is 0 Å². The Morgan fingerprint density at radius 2 is 2.29 bits per heavy atom. The fourth-order valence-electron chi connectivity index (χ4n) is 2.91. The lowest BCUT2D eigenvalue weighted by Gasteiger charge is -2.19. The standard InChI is InChI=1S/C14H16N2O5/c1-20-13(18)11-6-9(17)7-15(11)8-16-10-4-2-3-5-12(10)21-14(16)19/h2-5,9,11,17H,6-8H2,1H3/p+1/t9-,11+/m1/s1. The zero-order valence-electron chi connectivity index (χ0n) is 11.6. The Morgan fingerprint density at radius 3 is 3.05 bits per heavy atom. The van der Waals surface area contributed by atoms with E-state index in [4.69, 9.17) is 9.15 Å². The first kappa shape index (κ1) is 13.8. The van der Waals surface area contributed by atoms with Gasteiger partial charge in [-0.25, -0.2) is 14.2 Å². The zero-order valence-corrected chi connectivity index (χ0v) is 11.6. The molecule has 1 aliphatic heterocycles. The van der Waals surface area contributed by atoms with Crippen molar-refractivity contribution in [1.29, 1.82) is 0 Å². The molecule has 0 saturated carbocycles. The number of para-hydroxylation sites is 2. The van der Waals surface area contributed by atoms with Crippen molar-refractivity contribution in [3.05, 3.63) is 34.8 Å². The molecule has 0 spiro atoms. The number of aromatic nitrogens is 1. The summed E-state index contributed by atoms with van der Waals surface area (Å²) in [4.78, 5) is 24.5. The molecule has 1 saturated heterocycles. The van der Waals surface area contributed by atoms with E-state index in [0.29, 0.717) is 24.1 Å². The molecule has 112 valence electrons. The van der Waals surface area contributed by atoms with Crippen molar-refractivity contribution in [2.75, 3.05) is 13.7 Å². The maximum absolute atomic E-state index is 12.0. The lowest BCUT2D eigenvalue weighted by molar-refractivity contribution is -0.927. The largest absolute Gasteiger partial charge is 0.465 e. The predicted molar refractivity (Wildman–Crippen MR) is 72.7 cm³/mol. The van der Waals surface area contributed by atoms with E-state index in [1.807, 2.05) is 6.07 Å². The SMILES string of the molecule is COC(=O)[C@@H]1C[C@@H](O)C[NH+]1Cn1c(=O)oc2ccccc21. The Labute approximate surface area is 120 Å². The highest BCUT2D eigenvalue weighted by Gasteiger charge is 2.41. The Bertz CT molecular complexity index is 719. The van der Waals surface area contributed by atoms with Crippen molar-refractivity contribution in [2.45, 2.75) is 25.2 Å². The van der Waals surface area contributed by atoms with E-state index in [9.17, 15) is 14.7 Å². The Kier molecular flexibility index (Phi) is 3.52. The number of nitrogens with one attached hydrogen (secondary N) is 1. The van der Waals surface area contributed by atoms with Gasteiger partial charge in [-0.15, -0.1) is 0 Å². The molecule has 0 amide bonds. The monoisotopic (exact) mass is 293 g/mol. The summed E-state index contributed by atoms with van der Waals surface area (Å²) in [6.45, 7) is 0.651. The van der Waals surface area contributed by atoms with E-state index < -0.39 is 17.9 Å². The molecule has 21 heavy (non-hydrogen) atoms. The topological polar surface area (TPSA) is 86.1 Å². The van der Waals surface area contributed by atoms with E-state index in [-0.39, 0.29) is 12.6 Å². The van der Waals surface area contributed by atoms with Crippen molar-refractivity contribution in [3.63, 3.8) is 0 Å². The van der Waals surface area contributed by atoms with Crippen LogP contribution in [0.4, 0.5) is 0 Å². The molecule has 1 unspecified atom stereocenters. The molecule has 1 aliphatic rings. The number of hydrogen-bond donors (Lipinski definition) is 2. The Hall–Kier alpha value is -2.12. The van der Waals surface area contributed by atoms with Gasteiger partial charge in [0.2, 0.25) is 0 Å². The van der Waals surface area contributed by atoms with Crippen molar-refractivity contribution >= 4 is 17.1 Å². The number of quaternary nitrogens is 1. The van der Waals surface area contributed by atoms with E-state index in [1.165, 1.54) is 11.7 Å². The van der Waals surface area contributed by atoms with Crippen LogP contribution in [0.15, 0.2) is 33.5 Å². The van der Waals surface area contributed by atoms with Crippen LogP contribution in [0, 0.1) is 0 Å². The Balaban J connectivity index is 1.92. The first-order valence-corrected chi connectivity index (χ1v) is 6.79. The van der Waals surface area contributed by atoms with Gasteiger partial charge in [0.25, 0.3) is 0 Å². The molecule has 2 aromatic rings. The minimum atomic E-state index is -0.571. The summed E-state index contributed by atoms with van der Waals surface area (Å²) in [6.07, 6.45) is -0.232. The number of oxazole rings is 1. The van der Waals surface area contributed by atoms with E-state index in [0.717, 1.165) is 4.90 Å². The summed E-state index contributed by atoms with van der Waals surface area (Å²) >= 11 is 0. The molecular weight excluding hydrogens is 276 g/mol. The second-order valence-electron chi connectivity index (χ2n) is 5.25. The van der Waals surface area contributed by atoms with Crippen LogP contribution in [0.1, 0.15) is 6.42 Å². The number of aliphatic hydroxyl groups excluding tert-OH is 1. The van der Waals surface area contributed by atoms with Crippen LogP contribution in [0.3, 0.4) is 0 Å². The summed E-state index contributed by atoms with van der Waals surface area (Å²) in [6, 6.07) is 6.66. The molecule has 0 bridgehead atoms. The lowest BCUT2D eigenvalue weighted by Crippen LogP contribution is -3.14. The summed E-state index contributed by atoms with van der Waals surface area (Å²) in [7, 11) is 1.32. The number of carbonyl (C=O) groups is 1. The fraction of sp³-hybridized carbons (Fsp3) is 0.429. The van der Waals surface area contributed by atoms with Crippen LogP contribution in [0.25, 0.3) is 11.1 Å². The quantitative estimate of drug-likeness (QED) is 0.690. The number of ether oxygens (including phenoxy) is 1. The summed E-state index contributed by atoms with van der Waals surface area (Å²) < 4.78 is 11.4. The second kappa shape index (κ2) is 5.34. The van der Waals surface area contributed by atoms with E-state index in [2.05, 4.69) is 0 Å². The molecule has 3 rings (SSSR count). The fourth-order valence-corrected chi connectivity index (χ4v) is 2.91. The average Bonchev–Trinajstić information content (AvgIpc) is 2.99. The van der Waals surface area contributed by atoms with Crippen molar-refractivity contribution < 1.29 is 24.0 Å². The van der Waals surface area contributed by atoms with Crippen LogP contribution < -0.4 is 10.7 Å². The highest BCUT2D eigenvalue weighted by Crippen LogP contribution is 2.11. The number of rotatable bonds is 3. The highest BCUT2D eigenvalue weighted by molar-refractivity contribution is 5.74. The number of carbonyl (C=O) groups excluding carboxylic acids is 1. The molecule has 1 aromatic carbocycles. The molecule has 7 heteroatoms. The van der Waals surface area contributed by atoms with Gasteiger partial charge in [-0.05, 0) is 12.1 Å². The highest BCUT2D eigenvalue weighted by atomic mass is 16.5. The summed E-state index contributed by atoms with van der Waals surface area (Å²) in [5.41, 5.74) is 1.19. The second-order valence-corrected chi connectivity index (χ2v) is 5.25. The van der Waals surface area contributed by atoms with Gasteiger partial charge in [0.1, 0.15) is 12.6 Å². The van der Waals surface area contributed by atoms with Crippen LogP contribution in [-0.4, -0.2) is 41.4 Å². The Morgan fingerprint density at radius 1 is 1.52 bits per heavy atom. The first-order chi connectivity index (χ1) is 10.1. The van der Waals surface area contributed by atoms with Gasteiger partial charge in [-0.2, -0.15) is 0 Å². The number of benzene rings is 1. The number of likely N-dealkylation sites (tertiary alicyclic amines) is 1. The number of aliphatic hydroxyl groups is 1. The number of methoxy groups -OCH3 is 1. The number of fused-ring (bicyclic) bond motifs is 1. The predicted octanol–water partition coefficient (Wildman–Crippen LogP) is -1.26. The van der Waals surface area contributed by atoms with Gasteiger partial charge in [0.15, 0.2) is 18.3 Å². The molecule has 7 nitrogen and oxygen atoms in total. The van der Waals surface area contributed by atoms with E-state index in [1.54, 1.807) is 18.2 Å². The molecule has 0 radical (unpaired) electrons. The molecule has 3 atom stereocenters. The smallest absolute Gasteiger partial charge is 0.424 e. The van der Waals surface area contributed by atoms with Crippen molar-refractivity contribution in [3.8, 4) is 0 Å². The summed E-state index contributed by atoms with van der Waals surface area (Å²) in [5, 5.41) is 9.79. The average molecular weight is 293 g/mol. The van der Waals surface area contributed by atoms with E-state index >= 15 is 0 Å². The normalized spacial score (nSPS) is 25.3. The first-order valence-electron chi connectivity index (χ1n) is 6.79. The molecule has 1 fully saturated rings. The third kappa shape index (κ3) is 2.45. The minimum absolute atomic E-state index is 0.257. The molecule has 1 aromatic heterocycles. The van der Waals surface area contributed by atoms with Crippen molar-refractivity contribution in [1.82, 2.24) is 4.57 Å². The van der Waals surface area contributed by atoms with Gasteiger partial charge in [-0.1, -0.05) is 12.1 Å². The number of nitrogens with zero attached hydrogens (tertiary/aromatic N) is 1. The summed E-state index contributed by atoms with van der Waals surface area (Å²) in [5.74, 6) is -0.837. The number of esters is 1. The zero-order chi connectivity index (χ0) is 15.0. The molecular formula is C14H17N2O5+. The van der Waals surface area contributed by atoms with Crippen LogP contribution in [0.5, 0.6) is 0 Å². The molecule has 0 aliphatic carbocycles. The van der Waals surface area contributed by atoms with Crippen LogP contribution in [-0.2, 0) is 16.2 Å². The van der Waals surface area contributed by atoms with Crippen molar-refractivity contribution in [2.24, 2.45) is 0 Å². The van der Waals surface area contributed by atoms with Gasteiger partial charge < -0.3 is 19.2 Å². The van der Waals surface area contributed by atoms with Gasteiger partial charge in [0.05, 0.1) is 12.6 Å². The molecule has 2 N–H and O–H groups in total. The van der Waals surface area contributed by atoms with Crippen LogP contribution >= 0.6 is 0 Å². The third-order valence-corrected chi connectivity index (χ3v) is 3.92. The molecule has 2 heterocycles. The minimum Gasteiger partial charge on any atom is -0.465 e. The maximum Gasteiger partial charge on any atom is 0.424 e. The van der Waals surface area contributed by atoms with Gasteiger partial charge >= 0.3 is 11.7 Å².